The Hall–Kier alpha value is -3.29. The molecule has 0 bridgehead atoms. The van der Waals surface area contributed by atoms with E-state index in [9.17, 15) is 4.79 Å². The normalized spacial score (nSPS) is 10.3. The number of aryl methyl sites for hydroxylation is 1. The largest absolute Gasteiger partial charge is 0.332 e. The Morgan fingerprint density at radius 3 is 3.00 bits per heavy atom. The molecule has 0 fully saturated rings. The fourth-order valence-corrected chi connectivity index (χ4v) is 1.98. The van der Waals surface area contributed by atoms with Crippen LogP contribution in [-0.2, 0) is 6.54 Å². The minimum atomic E-state index is -0.404. The van der Waals surface area contributed by atoms with Crippen molar-refractivity contribution in [1.82, 2.24) is 30.5 Å². The quantitative estimate of drug-likeness (QED) is 0.682. The fraction of sp³-hybridized carbons (Fsp3) is 0.133. The Labute approximate surface area is 132 Å². The zero-order valence-corrected chi connectivity index (χ0v) is 12.4. The van der Waals surface area contributed by atoms with Gasteiger partial charge in [0.05, 0.1) is 12.2 Å². The molecular formula is C15H15N7O. The molecule has 0 aliphatic carbocycles. The number of amides is 2. The highest BCUT2D eigenvalue weighted by Crippen LogP contribution is 2.16. The van der Waals surface area contributed by atoms with E-state index in [0.717, 1.165) is 11.1 Å². The van der Waals surface area contributed by atoms with Crippen LogP contribution in [0.1, 0.15) is 11.3 Å². The van der Waals surface area contributed by atoms with Crippen LogP contribution in [0, 0.1) is 6.92 Å². The number of anilines is 1. The summed E-state index contributed by atoms with van der Waals surface area (Å²) in [6.07, 6.45) is 3.05. The summed E-state index contributed by atoms with van der Waals surface area (Å²) in [6, 6.07) is 9.17. The number of aromatic nitrogens is 5. The van der Waals surface area contributed by atoms with Gasteiger partial charge in [-0.3, -0.25) is 10.4 Å². The lowest BCUT2D eigenvalue weighted by molar-refractivity contribution is 0.251. The summed E-state index contributed by atoms with van der Waals surface area (Å²) in [6.45, 7) is 2.29. The fourth-order valence-electron chi connectivity index (χ4n) is 1.98. The van der Waals surface area contributed by atoms with Crippen molar-refractivity contribution in [2.45, 2.75) is 13.5 Å². The molecule has 0 aliphatic rings. The molecule has 0 saturated heterocycles. The maximum absolute atomic E-state index is 11.8. The molecule has 2 heterocycles. The summed E-state index contributed by atoms with van der Waals surface area (Å²) in [5, 5.41) is 12.0. The van der Waals surface area contributed by atoms with Gasteiger partial charge < -0.3 is 5.32 Å². The SMILES string of the molecule is Cc1cccc(-c2nc(NC(=O)NCc3ccncn3)n[nH]2)c1. The van der Waals surface area contributed by atoms with Crippen molar-refractivity contribution in [2.75, 3.05) is 5.32 Å². The third kappa shape index (κ3) is 3.88. The van der Waals surface area contributed by atoms with E-state index in [1.165, 1.54) is 6.33 Å². The number of carbonyl (C=O) groups excluding carboxylic acids is 1. The first-order valence-corrected chi connectivity index (χ1v) is 7.00. The molecule has 0 aliphatic heterocycles. The second kappa shape index (κ2) is 6.65. The van der Waals surface area contributed by atoms with Crippen molar-refractivity contribution in [3.63, 3.8) is 0 Å². The smallest absolute Gasteiger partial charge is 0.321 e. The van der Waals surface area contributed by atoms with Crippen molar-refractivity contribution >= 4 is 12.0 Å². The van der Waals surface area contributed by atoms with E-state index in [4.69, 9.17) is 0 Å². The van der Waals surface area contributed by atoms with E-state index in [2.05, 4.69) is 35.8 Å². The number of benzene rings is 1. The van der Waals surface area contributed by atoms with Crippen LogP contribution in [0.3, 0.4) is 0 Å². The van der Waals surface area contributed by atoms with Crippen LogP contribution in [0.5, 0.6) is 0 Å². The molecule has 116 valence electrons. The second-order valence-electron chi connectivity index (χ2n) is 4.89. The van der Waals surface area contributed by atoms with Crippen LogP contribution in [-0.4, -0.2) is 31.2 Å². The van der Waals surface area contributed by atoms with E-state index >= 15 is 0 Å². The van der Waals surface area contributed by atoms with Crippen LogP contribution in [0.2, 0.25) is 0 Å². The van der Waals surface area contributed by atoms with Gasteiger partial charge in [0.25, 0.3) is 0 Å². The first kappa shape index (κ1) is 14.6. The second-order valence-corrected chi connectivity index (χ2v) is 4.89. The molecule has 3 N–H and O–H groups in total. The molecule has 8 nitrogen and oxygen atoms in total. The summed E-state index contributed by atoms with van der Waals surface area (Å²) < 4.78 is 0. The van der Waals surface area contributed by atoms with Crippen LogP contribution in [0.25, 0.3) is 11.4 Å². The Morgan fingerprint density at radius 2 is 2.22 bits per heavy atom. The van der Waals surface area contributed by atoms with Gasteiger partial charge in [0.2, 0.25) is 5.95 Å². The van der Waals surface area contributed by atoms with Crippen LogP contribution >= 0.6 is 0 Å². The molecule has 23 heavy (non-hydrogen) atoms. The van der Waals surface area contributed by atoms with Crippen molar-refractivity contribution in [1.29, 1.82) is 0 Å². The molecule has 0 saturated carbocycles. The summed E-state index contributed by atoms with van der Waals surface area (Å²) in [5.41, 5.74) is 2.74. The predicted octanol–water partition coefficient (Wildman–Crippen LogP) is 1.89. The monoisotopic (exact) mass is 309 g/mol. The number of nitrogens with zero attached hydrogens (tertiary/aromatic N) is 4. The number of hydrogen-bond acceptors (Lipinski definition) is 5. The zero-order chi connectivity index (χ0) is 16.1. The maximum Gasteiger partial charge on any atom is 0.321 e. The molecule has 3 rings (SSSR count). The van der Waals surface area contributed by atoms with E-state index in [-0.39, 0.29) is 5.95 Å². The highest BCUT2D eigenvalue weighted by Gasteiger charge is 2.09. The third-order valence-corrected chi connectivity index (χ3v) is 3.08. The molecule has 3 aromatic rings. The minimum Gasteiger partial charge on any atom is -0.332 e. The van der Waals surface area contributed by atoms with Gasteiger partial charge in [-0.25, -0.2) is 14.8 Å². The van der Waals surface area contributed by atoms with Gasteiger partial charge in [-0.15, -0.1) is 5.10 Å². The number of hydrogen-bond donors (Lipinski definition) is 3. The van der Waals surface area contributed by atoms with Gasteiger partial charge >= 0.3 is 6.03 Å². The van der Waals surface area contributed by atoms with Gasteiger partial charge in [0, 0.05) is 11.8 Å². The van der Waals surface area contributed by atoms with Crippen molar-refractivity contribution in [3.8, 4) is 11.4 Å². The summed E-state index contributed by atoms with van der Waals surface area (Å²) in [4.78, 5) is 23.9. The molecule has 0 atom stereocenters. The highest BCUT2D eigenvalue weighted by atomic mass is 16.2. The van der Waals surface area contributed by atoms with E-state index in [1.54, 1.807) is 12.3 Å². The van der Waals surface area contributed by atoms with Crippen LogP contribution in [0.15, 0.2) is 42.9 Å². The third-order valence-electron chi connectivity index (χ3n) is 3.08. The van der Waals surface area contributed by atoms with Gasteiger partial charge in [-0.1, -0.05) is 23.8 Å². The highest BCUT2D eigenvalue weighted by molar-refractivity contribution is 5.87. The van der Waals surface area contributed by atoms with Crippen molar-refractivity contribution in [2.24, 2.45) is 0 Å². The average molecular weight is 309 g/mol. The Kier molecular flexibility index (Phi) is 4.23. The molecule has 0 spiro atoms. The van der Waals surface area contributed by atoms with E-state index in [0.29, 0.717) is 18.1 Å². The number of urea groups is 1. The van der Waals surface area contributed by atoms with Crippen molar-refractivity contribution in [3.05, 3.63) is 54.1 Å². The van der Waals surface area contributed by atoms with Gasteiger partial charge in [0.15, 0.2) is 5.82 Å². The zero-order valence-electron chi connectivity index (χ0n) is 12.4. The van der Waals surface area contributed by atoms with Gasteiger partial charge in [-0.05, 0) is 19.1 Å². The Morgan fingerprint density at radius 1 is 1.30 bits per heavy atom. The van der Waals surface area contributed by atoms with Crippen LogP contribution in [0.4, 0.5) is 10.7 Å². The molecule has 2 aromatic heterocycles. The van der Waals surface area contributed by atoms with Gasteiger partial charge in [-0.2, -0.15) is 4.98 Å². The molecule has 0 radical (unpaired) electrons. The maximum atomic E-state index is 11.8. The number of nitrogens with one attached hydrogen (secondary N) is 3. The molecule has 8 heteroatoms. The lowest BCUT2D eigenvalue weighted by atomic mass is 10.1. The topological polar surface area (TPSA) is 108 Å². The van der Waals surface area contributed by atoms with E-state index < -0.39 is 6.03 Å². The van der Waals surface area contributed by atoms with Gasteiger partial charge in [0.1, 0.15) is 6.33 Å². The van der Waals surface area contributed by atoms with Crippen LogP contribution < -0.4 is 10.6 Å². The average Bonchev–Trinajstić information content (AvgIpc) is 3.02. The van der Waals surface area contributed by atoms with Crippen molar-refractivity contribution < 1.29 is 4.79 Å². The molecular weight excluding hydrogens is 294 g/mol. The first-order chi connectivity index (χ1) is 11.2. The Bertz CT molecular complexity index is 800. The lowest BCUT2D eigenvalue weighted by Crippen LogP contribution is -2.29. The molecule has 1 aromatic carbocycles. The minimum absolute atomic E-state index is 0.210. The lowest BCUT2D eigenvalue weighted by Gasteiger charge is -2.03. The first-order valence-electron chi connectivity index (χ1n) is 7.00. The Balaban J connectivity index is 1.59. The number of aromatic amines is 1. The standard InChI is InChI=1S/C15H15N7O/c1-10-3-2-4-11(7-10)13-19-14(22-21-13)20-15(23)17-8-12-5-6-16-9-18-12/h2-7,9H,8H2,1H3,(H3,17,19,20,21,22,23). The molecule has 2 amide bonds. The molecule has 0 unspecified atom stereocenters. The summed E-state index contributed by atoms with van der Waals surface area (Å²) >= 11 is 0. The van der Waals surface area contributed by atoms with E-state index in [1.807, 2.05) is 31.2 Å². The summed E-state index contributed by atoms with van der Waals surface area (Å²) in [5.74, 6) is 0.807. The summed E-state index contributed by atoms with van der Waals surface area (Å²) in [7, 11) is 0. The number of H-pyrrole nitrogens is 1. The predicted molar refractivity (Wildman–Crippen MR) is 84.4 cm³/mol. The number of rotatable bonds is 4. The number of carbonyl (C=O) groups is 1.